The number of nitrogens with zero attached hydrogens (tertiary/aromatic N) is 2. The van der Waals surface area contributed by atoms with Crippen LogP contribution in [-0.2, 0) is 19.8 Å². The Bertz CT molecular complexity index is 1280. The summed E-state index contributed by atoms with van der Waals surface area (Å²) in [6, 6.07) is 24.0. The first-order valence-electron chi connectivity index (χ1n) is 11.8. The molecule has 2 N–H and O–H groups in total. The second kappa shape index (κ2) is 10.1. The van der Waals surface area contributed by atoms with Crippen LogP contribution in [0.15, 0.2) is 91.5 Å². The van der Waals surface area contributed by atoms with Crippen molar-refractivity contribution in [3.05, 3.63) is 114 Å². The Kier molecular flexibility index (Phi) is 6.97. The van der Waals surface area contributed by atoms with Crippen molar-refractivity contribution in [1.82, 2.24) is 4.90 Å². The summed E-state index contributed by atoms with van der Waals surface area (Å²) in [7, 11) is 1.64. The number of hydroxylamine groups is 1. The van der Waals surface area contributed by atoms with Gasteiger partial charge < -0.3 is 15.5 Å². The summed E-state index contributed by atoms with van der Waals surface area (Å²) in [5.41, 5.74) is 11.6. The van der Waals surface area contributed by atoms with Gasteiger partial charge in [0.05, 0.1) is 11.7 Å². The van der Waals surface area contributed by atoms with E-state index in [-0.39, 0.29) is 17.4 Å². The van der Waals surface area contributed by atoms with Gasteiger partial charge in [0.1, 0.15) is 0 Å². The predicted molar refractivity (Wildman–Crippen MR) is 144 cm³/mol. The molecule has 1 amide bonds. The van der Waals surface area contributed by atoms with Crippen molar-refractivity contribution in [2.75, 3.05) is 24.4 Å². The zero-order chi connectivity index (χ0) is 25.9. The minimum absolute atomic E-state index is 0.0209. The van der Waals surface area contributed by atoms with Gasteiger partial charge in [0, 0.05) is 36.8 Å². The van der Waals surface area contributed by atoms with Gasteiger partial charge in [0.25, 0.3) is 0 Å². The number of rotatable bonds is 8. The fourth-order valence-electron chi connectivity index (χ4n) is 4.14. The lowest BCUT2D eigenvalue weighted by atomic mass is 9.78. The number of carbonyl (C=O) groups excluding carboxylic acids is 2. The highest BCUT2D eigenvalue weighted by molar-refractivity contribution is 5.93. The van der Waals surface area contributed by atoms with E-state index >= 15 is 0 Å². The Hall–Kier alpha value is -4.32. The molecule has 3 aromatic rings. The fraction of sp³-hybridized carbons (Fsp3) is 0.200. The second-order valence-electron chi connectivity index (χ2n) is 9.41. The zero-order valence-corrected chi connectivity index (χ0v) is 20.8. The van der Waals surface area contributed by atoms with E-state index in [1.807, 2.05) is 41.3 Å². The third-order valence-electron chi connectivity index (χ3n) is 6.61. The van der Waals surface area contributed by atoms with Crippen LogP contribution in [0.1, 0.15) is 42.1 Å². The maximum absolute atomic E-state index is 12.7. The van der Waals surface area contributed by atoms with E-state index in [2.05, 4.69) is 56.8 Å². The van der Waals surface area contributed by atoms with Crippen LogP contribution in [0.2, 0.25) is 0 Å². The van der Waals surface area contributed by atoms with Crippen LogP contribution in [0.4, 0.5) is 11.4 Å². The second-order valence-corrected chi connectivity index (χ2v) is 9.41. The molecule has 1 heterocycles. The summed E-state index contributed by atoms with van der Waals surface area (Å²) in [6.45, 7) is 8.49. The minimum atomic E-state index is -0.528. The zero-order valence-electron chi connectivity index (χ0n) is 20.8. The monoisotopic (exact) mass is 481 g/mol. The van der Waals surface area contributed by atoms with Gasteiger partial charge in [-0.15, -0.1) is 0 Å². The summed E-state index contributed by atoms with van der Waals surface area (Å²) in [4.78, 5) is 30.9. The molecule has 6 nitrogen and oxygen atoms in total. The Labute approximate surface area is 212 Å². The predicted octanol–water partition coefficient (Wildman–Crippen LogP) is 5.27. The van der Waals surface area contributed by atoms with Crippen molar-refractivity contribution in [3.63, 3.8) is 0 Å². The normalized spacial score (nSPS) is 15.0. The molecule has 1 fully saturated rings. The van der Waals surface area contributed by atoms with Crippen LogP contribution < -0.4 is 10.8 Å². The van der Waals surface area contributed by atoms with Gasteiger partial charge in [-0.05, 0) is 52.6 Å². The molecule has 0 radical (unpaired) electrons. The highest BCUT2D eigenvalue weighted by Crippen LogP contribution is 2.37. The lowest BCUT2D eigenvalue weighted by Gasteiger charge is -2.26. The van der Waals surface area contributed by atoms with Crippen LogP contribution in [0, 0.1) is 0 Å². The molecule has 4 rings (SSSR count). The van der Waals surface area contributed by atoms with Crippen LogP contribution in [0.3, 0.4) is 0 Å². The van der Waals surface area contributed by atoms with E-state index in [1.54, 1.807) is 19.2 Å². The third-order valence-corrected chi connectivity index (χ3v) is 6.61. The van der Waals surface area contributed by atoms with Crippen LogP contribution >= 0.6 is 0 Å². The van der Waals surface area contributed by atoms with Crippen LogP contribution in [0.25, 0.3) is 6.08 Å². The summed E-state index contributed by atoms with van der Waals surface area (Å²) >= 11 is 0. The molecule has 184 valence electrons. The Morgan fingerprint density at radius 2 is 1.58 bits per heavy atom. The first-order chi connectivity index (χ1) is 17.2. The molecule has 6 heteroatoms. The lowest BCUT2D eigenvalue weighted by molar-refractivity contribution is -0.138. The average molecular weight is 482 g/mol. The molecule has 0 aliphatic carbocycles. The standard InChI is InChI=1S/C30H31N3O3/c1-5-29(35)36-32(4)26-17-6-21(7-18-26)8-19-28(34)33-20-27(33)22-9-11-23(12-10-22)30(2,3)24-13-15-25(31)16-14-24/h5-19,27H,1,20,31H2,2-4H3/b19-8+. The summed E-state index contributed by atoms with van der Waals surface area (Å²) in [5.74, 6) is -0.548. The van der Waals surface area contributed by atoms with Gasteiger partial charge in [-0.1, -0.05) is 69.0 Å². The smallest absolute Gasteiger partial charge is 0.355 e. The summed E-state index contributed by atoms with van der Waals surface area (Å²) in [5, 5.41) is 1.37. The molecule has 0 bridgehead atoms. The Balaban J connectivity index is 1.35. The third kappa shape index (κ3) is 5.49. The van der Waals surface area contributed by atoms with Crippen molar-refractivity contribution in [1.29, 1.82) is 0 Å². The molecule has 1 saturated heterocycles. The Morgan fingerprint density at radius 1 is 1.00 bits per heavy atom. The SMILES string of the molecule is C=CC(=O)ON(C)c1ccc(/C=C/C(=O)N2CC2c2ccc(C(C)(C)c3ccc(N)cc3)cc2)cc1. The molecule has 1 aliphatic heterocycles. The summed E-state index contributed by atoms with van der Waals surface area (Å²) in [6.07, 6.45) is 4.49. The summed E-state index contributed by atoms with van der Waals surface area (Å²) < 4.78 is 0. The average Bonchev–Trinajstić information content (AvgIpc) is 3.69. The lowest BCUT2D eigenvalue weighted by Crippen LogP contribution is -2.21. The molecular weight excluding hydrogens is 450 g/mol. The van der Waals surface area contributed by atoms with Crippen molar-refractivity contribution in [3.8, 4) is 0 Å². The first kappa shape index (κ1) is 24.8. The molecule has 36 heavy (non-hydrogen) atoms. The van der Waals surface area contributed by atoms with Crippen LogP contribution in [0.5, 0.6) is 0 Å². The van der Waals surface area contributed by atoms with E-state index in [0.29, 0.717) is 12.2 Å². The van der Waals surface area contributed by atoms with Crippen molar-refractivity contribution >= 4 is 29.3 Å². The number of nitrogens with two attached hydrogens (primary N) is 1. The first-order valence-corrected chi connectivity index (χ1v) is 11.8. The van der Waals surface area contributed by atoms with Crippen molar-refractivity contribution < 1.29 is 14.4 Å². The number of amides is 1. The number of anilines is 2. The fourth-order valence-corrected chi connectivity index (χ4v) is 4.14. The number of benzene rings is 3. The van der Waals surface area contributed by atoms with Gasteiger partial charge in [-0.3, -0.25) is 4.79 Å². The Morgan fingerprint density at radius 3 is 2.17 bits per heavy atom. The molecule has 3 aromatic carbocycles. The van der Waals surface area contributed by atoms with Gasteiger partial charge in [0.15, 0.2) is 0 Å². The number of nitrogen functional groups attached to an aromatic ring is 1. The van der Waals surface area contributed by atoms with E-state index in [0.717, 1.165) is 22.9 Å². The molecule has 1 atom stereocenters. The number of hydrogen-bond acceptors (Lipinski definition) is 5. The van der Waals surface area contributed by atoms with Crippen molar-refractivity contribution in [2.24, 2.45) is 0 Å². The van der Waals surface area contributed by atoms with Crippen LogP contribution in [-0.4, -0.2) is 30.4 Å². The van der Waals surface area contributed by atoms with E-state index in [9.17, 15) is 9.59 Å². The highest BCUT2D eigenvalue weighted by atomic mass is 16.7. The highest BCUT2D eigenvalue weighted by Gasteiger charge is 2.38. The maximum Gasteiger partial charge on any atom is 0.355 e. The van der Waals surface area contributed by atoms with Gasteiger partial charge in [-0.2, -0.15) is 0 Å². The molecular formula is C30H31N3O3. The minimum Gasteiger partial charge on any atom is -0.399 e. The molecule has 1 unspecified atom stereocenters. The number of carbonyl (C=O) groups is 2. The molecule has 0 aromatic heterocycles. The van der Waals surface area contributed by atoms with E-state index in [1.165, 1.54) is 16.2 Å². The topological polar surface area (TPSA) is 75.6 Å². The number of hydrogen-bond donors (Lipinski definition) is 1. The molecule has 0 saturated carbocycles. The molecule has 0 spiro atoms. The largest absolute Gasteiger partial charge is 0.399 e. The van der Waals surface area contributed by atoms with Gasteiger partial charge in [0.2, 0.25) is 5.91 Å². The van der Waals surface area contributed by atoms with E-state index < -0.39 is 5.97 Å². The maximum atomic E-state index is 12.7. The van der Waals surface area contributed by atoms with Crippen molar-refractivity contribution in [2.45, 2.75) is 25.3 Å². The van der Waals surface area contributed by atoms with Gasteiger partial charge >= 0.3 is 5.97 Å². The van der Waals surface area contributed by atoms with Gasteiger partial charge in [-0.25, -0.2) is 9.86 Å². The van der Waals surface area contributed by atoms with E-state index in [4.69, 9.17) is 10.6 Å². The molecule has 1 aliphatic rings. The quantitative estimate of drug-likeness (QED) is 0.205.